The average molecular weight is 646 g/mol. The average Bonchev–Trinajstić information content (AvgIpc) is 3.49. The zero-order valence-corrected chi connectivity index (χ0v) is 24.8. The standard InChI is InChI=1S/C35H30F3N3O6/c36-35(37,38)47-27-15-16-29-26(17-27)18-30(40-29)33(44)41(21-28(23-7-3-1-4-8-23)24-9-5-2-6-10-24)20-22-11-13-25(14-12-22)32(43)39-19-31(42)34(45)46/h1-18,28,31,40,42H,19-21H2,(H,39,43)(H,45,46)/t31-/m1/s1. The number of carboxylic acids is 1. The van der Waals surface area contributed by atoms with Crippen molar-refractivity contribution in [1.29, 1.82) is 0 Å². The van der Waals surface area contributed by atoms with E-state index in [9.17, 15) is 32.7 Å². The number of carbonyl (C=O) groups excluding carboxylic acids is 2. The molecule has 1 atom stereocenters. The summed E-state index contributed by atoms with van der Waals surface area (Å²) in [4.78, 5) is 42.1. The molecule has 4 aromatic carbocycles. The number of aliphatic hydroxyl groups is 1. The largest absolute Gasteiger partial charge is 0.573 e. The molecule has 0 saturated carbocycles. The molecule has 0 saturated heterocycles. The number of aromatic nitrogens is 1. The highest BCUT2D eigenvalue weighted by Gasteiger charge is 2.31. The van der Waals surface area contributed by atoms with Crippen LogP contribution in [0.4, 0.5) is 13.2 Å². The fourth-order valence-electron chi connectivity index (χ4n) is 5.17. The fraction of sp³-hybridized carbons (Fsp3) is 0.171. The van der Waals surface area contributed by atoms with E-state index in [1.54, 1.807) is 17.0 Å². The number of nitrogens with zero attached hydrogens (tertiary/aromatic N) is 1. The smallest absolute Gasteiger partial charge is 0.479 e. The number of rotatable bonds is 12. The maximum absolute atomic E-state index is 14.2. The van der Waals surface area contributed by atoms with Gasteiger partial charge in [0.05, 0.1) is 6.54 Å². The Morgan fingerprint density at radius 1 is 0.851 bits per heavy atom. The van der Waals surface area contributed by atoms with E-state index < -0.39 is 42.5 Å². The zero-order valence-electron chi connectivity index (χ0n) is 24.8. The van der Waals surface area contributed by atoms with Crippen molar-refractivity contribution < 1.29 is 42.5 Å². The molecule has 0 aliphatic rings. The number of benzene rings is 4. The molecule has 47 heavy (non-hydrogen) atoms. The molecule has 1 aromatic heterocycles. The number of ether oxygens (including phenoxy) is 1. The molecule has 1 heterocycles. The fourth-order valence-corrected chi connectivity index (χ4v) is 5.17. The summed E-state index contributed by atoms with van der Waals surface area (Å²) in [5.41, 5.74) is 3.46. The van der Waals surface area contributed by atoms with Crippen molar-refractivity contribution in [3.8, 4) is 5.75 Å². The van der Waals surface area contributed by atoms with Gasteiger partial charge in [0.25, 0.3) is 11.8 Å². The van der Waals surface area contributed by atoms with Crippen LogP contribution in [-0.4, -0.2) is 63.4 Å². The molecule has 0 spiro atoms. The second kappa shape index (κ2) is 14.2. The van der Waals surface area contributed by atoms with E-state index in [1.807, 2.05) is 60.7 Å². The number of nitrogens with one attached hydrogen (secondary N) is 2. The van der Waals surface area contributed by atoms with Gasteiger partial charge < -0.3 is 30.2 Å². The van der Waals surface area contributed by atoms with E-state index in [4.69, 9.17) is 5.11 Å². The lowest BCUT2D eigenvalue weighted by molar-refractivity contribution is -0.274. The first kappa shape index (κ1) is 32.8. The minimum absolute atomic E-state index is 0.117. The van der Waals surface area contributed by atoms with Crippen LogP contribution in [0.15, 0.2) is 109 Å². The lowest BCUT2D eigenvalue weighted by atomic mass is 9.90. The summed E-state index contributed by atoms with van der Waals surface area (Å²) in [7, 11) is 0. The summed E-state index contributed by atoms with van der Waals surface area (Å²) in [5, 5.41) is 21.0. The number of carbonyl (C=O) groups is 3. The van der Waals surface area contributed by atoms with E-state index in [0.29, 0.717) is 16.5 Å². The second-order valence-corrected chi connectivity index (χ2v) is 10.8. The monoisotopic (exact) mass is 645 g/mol. The molecular weight excluding hydrogens is 615 g/mol. The SMILES string of the molecule is O=C(NC[C@@H](O)C(=O)O)c1ccc(CN(CC(c2ccccc2)c2ccccc2)C(=O)c2cc3cc(OC(F)(F)F)ccc3[nH]2)cc1. The lowest BCUT2D eigenvalue weighted by Gasteiger charge is -2.28. The molecule has 0 fully saturated rings. The van der Waals surface area contributed by atoms with Gasteiger partial charge in [-0.3, -0.25) is 9.59 Å². The van der Waals surface area contributed by atoms with Crippen molar-refractivity contribution in [2.24, 2.45) is 0 Å². The van der Waals surface area contributed by atoms with Gasteiger partial charge in [-0.1, -0.05) is 72.8 Å². The highest BCUT2D eigenvalue weighted by molar-refractivity contribution is 5.98. The number of amides is 2. The van der Waals surface area contributed by atoms with Gasteiger partial charge in [0.15, 0.2) is 6.10 Å². The highest BCUT2D eigenvalue weighted by Crippen LogP contribution is 2.30. The third-order valence-corrected chi connectivity index (χ3v) is 7.48. The molecule has 5 rings (SSSR count). The Hall–Kier alpha value is -5.62. The Morgan fingerprint density at radius 2 is 1.47 bits per heavy atom. The Morgan fingerprint density at radius 3 is 2.04 bits per heavy atom. The van der Waals surface area contributed by atoms with Crippen LogP contribution in [0.25, 0.3) is 10.9 Å². The number of aliphatic carboxylic acids is 1. The van der Waals surface area contributed by atoms with E-state index in [1.165, 1.54) is 36.4 Å². The van der Waals surface area contributed by atoms with Gasteiger partial charge in [0.1, 0.15) is 11.4 Å². The van der Waals surface area contributed by atoms with E-state index >= 15 is 0 Å². The van der Waals surface area contributed by atoms with Crippen molar-refractivity contribution in [3.05, 3.63) is 137 Å². The van der Waals surface area contributed by atoms with Gasteiger partial charge in [-0.25, -0.2) is 4.79 Å². The molecule has 0 unspecified atom stereocenters. The predicted octanol–water partition coefficient (Wildman–Crippen LogP) is 5.72. The number of alkyl halides is 3. The summed E-state index contributed by atoms with van der Waals surface area (Å²) >= 11 is 0. The molecule has 2 amide bonds. The van der Waals surface area contributed by atoms with Crippen LogP contribution in [-0.2, 0) is 11.3 Å². The minimum atomic E-state index is -4.86. The molecular formula is C35H30F3N3O6. The molecule has 12 heteroatoms. The summed E-state index contributed by atoms with van der Waals surface area (Å²) in [6.07, 6.45) is -6.60. The minimum Gasteiger partial charge on any atom is -0.479 e. The third-order valence-electron chi connectivity index (χ3n) is 7.48. The number of H-pyrrole nitrogens is 1. The molecule has 0 aliphatic heterocycles. The topological polar surface area (TPSA) is 132 Å². The number of aromatic amines is 1. The van der Waals surface area contributed by atoms with Gasteiger partial charge in [-0.05, 0) is 53.1 Å². The first-order valence-electron chi connectivity index (χ1n) is 14.5. The Balaban J connectivity index is 1.45. The number of hydrogen-bond donors (Lipinski definition) is 4. The van der Waals surface area contributed by atoms with Crippen LogP contribution in [0, 0.1) is 0 Å². The number of halogens is 3. The van der Waals surface area contributed by atoms with Gasteiger partial charge in [-0.2, -0.15) is 0 Å². The summed E-state index contributed by atoms with van der Waals surface area (Å²) < 4.78 is 42.5. The normalized spacial score (nSPS) is 12.1. The first-order valence-corrected chi connectivity index (χ1v) is 14.5. The van der Waals surface area contributed by atoms with Crippen molar-refractivity contribution in [1.82, 2.24) is 15.2 Å². The number of hydrogen-bond acceptors (Lipinski definition) is 5. The first-order chi connectivity index (χ1) is 22.5. The highest BCUT2D eigenvalue weighted by atomic mass is 19.4. The van der Waals surface area contributed by atoms with Gasteiger partial charge in [0.2, 0.25) is 0 Å². The molecule has 9 nitrogen and oxygen atoms in total. The van der Waals surface area contributed by atoms with Crippen LogP contribution >= 0.6 is 0 Å². The molecule has 0 bridgehead atoms. The molecule has 4 N–H and O–H groups in total. The summed E-state index contributed by atoms with van der Waals surface area (Å²) in [5.74, 6) is -3.08. The van der Waals surface area contributed by atoms with Crippen molar-refractivity contribution in [3.63, 3.8) is 0 Å². The van der Waals surface area contributed by atoms with Gasteiger partial charge >= 0.3 is 12.3 Å². The number of aliphatic hydroxyl groups excluding tert-OH is 1. The van der Waals surface area contributed by atoms with Crippen LogP contribution in [0.2, 0.25) is 0 Å². The van der Waals surface area contributed by atoms with Crippen molar-refractivity contribution in [2.45, 2.75) is 24.9 Å². The van der Waals surface area contributed by atoms with Crippen molar-refractivity contribution >= 4 is 28.7 Å². The van der Waals surface area contributed by atoms with Gasteiger partial charge in [-0.15, -0.1) is 13.2 Å². The Bertz CT molecular complexity index is 1800. The number of fused-ring (bicyclic) bond motifs is 1. The van der Waals surface area contributed by atoms with Crippen LogP contribution in [0.5, 0.6) is 5.75 Å². The number of carboxylic acid groups (broad SMARTS) is 1. The molecule has 5 aromatic rings. The second-order valence-electron chi connectivity index (χ2n) is 10.8. The van der Waals surface area contributed by atoms with E-state index in [0.717, 1.165) is 11.1 Å². The predicted molar refractivity (Wildman–Crippen MR) is 167 cm³/mol. The van der Waals surface area contributed by atoms with E-state index in [2.05, 4.69) is 15.0 Å². The zero-order chi connectivity index (χ0) is 33.6. The third kappa shape index (κ3) is 8.56. The summed E-state index contributed by atoms with van der Waals surface area (Å²) in [6.45, 7) is -0.112. The Labute approximate surface area is 267 Å². The van der Waals surface area contributed by atoms with Crippen LogP contribution < -0.4 is 10.1 Å². The van der Waals surface area contributed by atoms with Crippen LogP contribution in [0.1, 0.15) is 43.5 Å². The molecule has 0 aliphatic carbocycles. The summed E-state index contributed by atoms with van der Waals surface area (Å²) in [6, 6.07) is 31.0. The molecule has 0 radical (unpaired) electrons. The quantitative estimate of drug-likeness (QED) is 0.137. The lowest BCUT2D eigenvalue weighted by Crippen LogP contribution is -2.36. The maximum Gasteiger partial charge on any atom is 0.573 e. The van der Waals surface area contributed by atoms with Crippen LogP contribution in [0.3, 0.4) is 0 Å². The van der Waals surface area contributed by atoms with E-state index in [-0.39, 0.29) is 30.3 Å². The van der Waals surface area contributed by atoms with Crippen molar-refractivity contribution in [2.75, 3.05) is 13.1 Å². The maximum atomic E-state index is 14.2. The Kier molecular flexibility index (Phi) is 9.91. The van der Waals surface area contributed by atoms with Gasteiger partial charge in [0, 0.05) is 35.5 Å². The molecule has 242 valence electrons.